The van der Waals surface area contributed by atoms with Crippen LogP contribution in [0, 0.1) is 0 Å². The molecule has 2 aromatic rings. The van der Waals surface area contributed by atoms with E-state index in [0.717, 1.165) is 22.7 Å². The largest absolute Gasteiger partial charge is 0.396 e. The Balaban J connectivity index is 2.15. The second-order valence-corrected chi connectivity index (χ2v) is 4.99. The van der Waals surface area contributed by atoms with Crippen LogP contribution in [-0.4, -0.2) is 16.7 Å². The zero-order valence-electron chi connectivity index (χ0n) is 10.0. The van der Waals surface area contributed by atoms with Gasteiger partial charge in [-0.25, -0.2) is 4.98 Å². The summed E-state index contributed by atoms with van der Waals surface area (Å²) in [5.41, 5.74) is 3.55. The molecule has 17 heavy (non-hydrogen) atoms. The molecule has 0 spiro atoms. The van der Waals surface area contributed by atoms with E-state index < -0.39 is 0 Å². The Morgan fingerprint density at radius 3 is 2.59 bits per heavy atom. The van der Waals surface area contributed by atoms with Crippen LogP contribution in [0.2, 0.25) is 0 Å². The van der Waals surface area contributed by atoms with Crippen molar-refractivity contribution >= 4 is 11.3 Å². The number of benzene rings is 1. The lowest BCUT2D eigenvalue weighted by molar-refractivity contribution is 0.299. The molecule has 0 atom stereocenters. The summed E-state index contributed by atoms with van der Waals surface area (Å²) in [5, 5.41) is 11.9. The Morgan fingerprint density at radius 2 is 1.94 bits per heavy atom. The SMILES string of the molecule is CCCc1ccc(-c2csc(CCO)n2)cc1. The number of aryl methyl sites for hydroxylation is 1. The Bertz CT molecular complexity index is 461. The van der Waals surface area contributed by atoms with Crippen molar-refractivity contribution in [1.82, 2.24) is 4.98 Å². The zero-order chi connectivity index (χ0) is 12.1. The van der Waals surface area contributed by atoms with Gasteiger partial charge < -0.3 is 5.11 Å². The summed E-state index contributed by atoms with van der Waals surface area (Å²) in [7, 11) is 0. The van der Waals surface area contributed by atoms with Gasteiger partial charge in [0.2, 0.25) is 0 Å². The summed E-state index contributed by atoms with van der Waals surface area (Å²) in [6.07, 6.45) is 2.96. The second-order valence-electron chi connectivity index (χ2n) is 4.05. The number of nitrogens with zero attached hydrogens (tertiary/aromatic N) is 1. The summed E-state index contributed by atoms with van der Waals surface area (Å²) in [5.74, 6) is 0. The highest BCUT2D eigenvalue weighted by Crippen LogP contribution is 2.22. The molecule has 0 saturated carbocycles. The van der Waals surface area contributed by atoms with Gasteiger partial charge >= 0.3 is 0 Å². The van der Waals surface area contributed by atoms with Gasteiger partial charge in [0.05, 0.1) is 10.7 Å². The Kier molecular flexibility index (Phi) is 4.29. The molecule has 0 unspecified atom stereocenters. The highest BCUT2D eigenvalue weighted by atomic mass is 32.1. The first-order valence-electron chi connectivity index (χ1n) is 5.98. The van der Waals surface area contributed by atoms with E-state index >= 15 is 0 Å². The Hall–Kier alpha value is -1.19. The van der Waals surface area contributed by atoms with Crippen molar-refractivity contribution in [2.45, 2.75) is 26.2 Å². The average molecular weight is 247 g/mol. The van der Waals surface area contributed by atoms with Crippen LogP contribution in [-0.2, 0) is 12.8 Å². The fraction of sp³-hybridized carbons (Fsp3) is 0.357. The van der Waals surface area contributed by atoms with Gasteiger partial charge in [0, 0.05) is 24.0 Å². The number of hydrogen-bond donors (Lipinski definition) is 1. The van der Waals surface area contributed by atoms with Crippen molar-refractivity contribution in [1.29, 1.82) is 0 Å². The van der Waals surface area contributed by atoms with E-state index in [9.17, 15) is 0 Å². The first-order chi connectivity index (χ1) is 8.33. The van der Waals surface area contributed by atoms with Gasteiger partial charge in [-0.05, 0) is 12.0 Å². The lowest BCUT2D eigenvalue weighted by atomic mass is 10.1. The van der Waals surface area contributed by atoms with E-state index in [1.807, 2.05) is 0 Å². The first-order valence-corrected chi connectivity index (χ1v) is 6.86. The Labute approximate surface area is 106 Å². The predicted octanol–water partition coefficient (Wildman–Crippen LogP) is 3.30. The van der Waals surface area contributed by atoms with Gasteiger partial charge in [0.1, 0.15) is 0 Å². The molecule has 1 N–H and O–H groups in total. The third-order valence-corrected chi connectivity index (χ3v) is 3.57. The number of aromatic nitrogens is 1. The minimum absolute atomic E-state index is 0.169. The van der Waals surface area contributed by atoms with Crippen molar-refractivity contribution < 1.29 is 5.11 Å². The van der Waals surface area contributed by atoms with Crippen molar-refractivity contribution in [2.24, 2.45) is 0 Å². The van der Waals surface area contributed by atoms with Crippen LogP contribution >= 0.6 is 11.3 Å². The fourth-order valence-electron chi connectivity index (χ4n) is 1.78. The molecule has 0 aliphatic carbocycles. The fourth-order valence-corrected chi connectivity index (χ4v) is 2.58. The van der Waals surface area contributed by atoms with Gasteiger partial charge in [0.15, 0.2) is 0 Å². The summed E-state index contributed by atoms with van der Waals surface area (Å²) < 4.78 is 0. The number of rotatable bonds is 5. The number of hydrogen-bond acceptors (Lipinski definition) is 3. The predicted molar refractivity (Wildman–Crippen MR) is 72.3 cm³/mol. The summed E-state index contributed by atoms with van der Waals surface area (Å²) in [6, 6.07) is 8.60. The molecule has 2 rings (SSSR count). The molecule has 1 aromatic heterocycles. The summed E-state index contributed by atoms with van der Waals surface area (Å²) in [4.78, 5) is 4.50. The van der Waals surface area contributed by atoms with E-state index in [-0.39, 0.29) is 6.61 Å². The maximum absolute atomic E-state index is 8.86. The molecule has 0 bridgehead atoms. The highest BCUT2D eigenvalue weighted by molar-refractivity contribution is 7.09. The first kappa shape index (κ1) is 12.3. The number of aliphatic hydroxyl groups is 1. The van der Waals surface area contributed by atoms with Crippen molar-refractivity contribution in [3.05, 3.63) is 40.2 Å². The topological polar surface area (TPSA) is 33.1 Å². The monoisotopic (exact) mass is 247 g/mol. The van der Waals surface area contributed by atoms with Crippen molar-refractivity contribution in [3.63, 3.8) is 0 Å². The molecule has 2 nitrogen and oxygen atoms in total. The summed E-state index contributed by atoms with van der Waals surface area (Å²) in [6.45, 7) is 2.36. The van der Waals surface area contributed by atoms with Crippen LogP contribution in [0.3, 0.4) is 0 Å². The molecule has 0 radical (unpaired) electrons. The van der Waals surface area contributed by atoms with E-state index in [0.29, 0.717) is 6.42 Å². The molecule has 0 fully saturated rings. The molecule has 90 valence electrons. The van der Waals surface area contributed by atoms with Crippen molar-refractivity contribution in [2.75, 3.05) is 6.61 Å². The molecule has 1 aromatic carbocycles. The molecule has 0 aliphatic heterocycles. The molecular formula is C14H17NOS. The molecule has 1 heterocycles. The van der Waals surface area contributed by atoms with E-state index in [4.69, 9.17) is 5.11 Å². The van der Waals surface area contributed by atoms with Crippen LogP contribution in [0.4, 0.5) is 0 Å². The molecular weight excluding hydrogens is 230 g/mol. The zero-order valence-corrected chi connectivity index (χ0v) is 10.8. The van der Waals surface area contributed by atoms with E-state index in [1.165, 1.54) is 12.0 Å². The third kappa shape index (κ3) is 3.14. The van der Waals surface area contributed by atoms with Crippen LogP contribution in [0.15, 0.2) is 29.6 Å². The average Bonchev–Trinajstić information content (AvgIpc) is 2.80. The number of aliphatic hydroxyl groups excluding tert-OH is 1. The minimum atomic E-state index is 0.169. The maximum Gasteiger partial charge on any atom is 0.0955 e. The van der Waals surface area contributed by atoms with Gasteiger partial charge in [-0.15, -0.1) is 11.3 Å². The molecule has 3 heteroatoms. The molecule has 0 aliphatic rings. The standard InChI is InChI=1S/C14H17NOS/c1-2-3-11-4-6-12(7-5-11)13-10-17-14(15-13)8-9-16/h4-7,10,16H,2-3,8-9H2,1H3. The van der Waals surface area contributed by atoms with Crippen LogP contribution in [0.25, 0.3) is 11.3 Å². The number of thiazole rings is 1. The van der Waals surface area contributed by atoms with Gasteiger partial charge in [-0.3, -0.25) is 0 Å². The maximum atomic E-state index is 8.86. The van der Waals surface area contributed by atoms with Crippen molar-refractivity contribution in [3.8, 4) is 11.3 Å². The third-order valence-electron chi connectivity index (χ3n) is 2.67. The van der Waals surface area contributed by atoms with Gasteiger partial charge in [-0.1, -0.05) is 37.6 Å². The quantitative estimate of drug-likeness (QED) is 0.879. The van der Waals surface area contributed by atoms with Crippen LogP contribution in [0.5, 0.6) is 0 Å². The normalized spacial score (nSPS) is 10.7. The lowest BCUT2D eigenvalue weighted by Gasteiger charge is -2.00. The minimum Gasteiger partial charge on any atom is -0.396 e. The van der Waals surface area contributed by atoms with Crippen LogP contribution < -0.4 is 0 Å². The molecule has 0 amide bonds. The van der Waals surface area contributed by atoms with Gasteiger partial charge in [-0.2, -0.15) is 0 Å². The Morgan fingerprint density at radius 1 is 1.18 bits per heavy atom. The lowest BCUT2D eigenvalue weighted by Crippen LogP contribution is -1.89. The van der Waals surface area contributed by atoms with E-state index in [1.54, 1.807) is 11.3 Å². The van der Waals surface area contributed by atoms with Crippen LogP contribution in [0.1, 0.15) is 23.9 Å². The smallest absolute Gasteiger partial charge is 0.0955 e. The molecule has 0 saturated heterocycles. The summed E-state index contributed by atoms with van der Waals surface area (Å²) >= 11 is 1.61. The second kappa shape index (κ2) is 5.94. The van der Waals surface area contributed by atoms with Gasteiger partial charge in [0.25, 0.3) is 0 Å². The van der Waals surface area contributed by atoms with E-state index in [2.05, 4.69) is 41.6 Å². The highest BCUT2D eigenvalue weighted by Gasteiger charge is 2.04.